The van der Waals surface area contributed by atoms with Crippen molar-refractivity contribution in [2.75, 3.05) is 26.1 Å². The van der Waals surface area contributed by atoms with Gasteiger partial charge in [-0.25, -0.2) is 9.82 Å². The Kier molecular flexibility index (Phi) is 7.85. The first-order chi connectivity index (χ1) is 16.7. The zero-order valence-corrected chi connectivity index (χ0v) is 21.3. The molecule has 12 heteroatoms. The molecule has 1 aromatic heterocycles. The van der Waals surface area contributed by atoms with Crippen LogP contribution in [0.2, 0.25) is 5.02 Å². The Morgan fingerprint density at radius 2 is 1.77 bits per heavy atom. The summed E-state index contributed by atoms with van der Waals surface area (Å²) < 4.78 is 31.9. The number of anilines is 1. The minimum atomic E-state index is -4.27. The fraction of sp³-hybridized carbons (Fsp3) is 0.174. The van der Waals surface area contributed by atoms with E-state index in [0.29, 0.717) is 45.1 Å². The highest BCUT2D eigenvalue weighted by Crippen LogP contribution is 2.27. The standard InChI is InChI=1S/C23H23ClN4O5S2/c1-27(2)15-32-28(33-19-9-5-17(24)6-10-19)18-7-3-16(4-8-18)14-34-23-25-21-12-11-20(35(29,30)31)13-22(21)26-23/h3-13H,14-15H2,1-2H3,(H,25,26)(H,29,30,31). The van der Waals surface area contributed by atoms with Crippen LogP contribution in [0.25, 0.3) is 11.0 Å². The second-order valence-corrected chi connectivity index (χ2v) is 10.6. The summed E-state index contributed by atoms with van der Waals surface area (Å²) >= 11 is 7.43. The molecule has 0 saturated carbocycles. The highest BCUT2D eigenvalue weighted by Gasteiger charge is 2.14. The van der Waals surface area contributed by atoms with Crippen LogP contribution >= 0.6 is 23.4 Å². The first-order valence-electron chi connectivity index (χ1n) is 10.4. The Labute approximate surface area is 212 Å². The molecule has 0 saturated heterocycles. The van der Waals surface area contributed by atoms with Crippen LogP contribution in [0.4, 0.5) is 5.69 Å². The molecule has 9 nitrogen and oxygen atoms in total. The van der Waals surface area contributed by atoms with Gasteiger partial charge in [-0.05, 0) is 74.3 Å². The molecule has 0 aliphatic rings. The number of rotatable bonds is 10. The Hall–Kier alpha value is -2.80. The Balaban J connectivity index is 1.44. The van der Waals surface area contributed by atoms with Crippen molar-refractivity contribution in [3.8, 4) is 5.75 Å². The molecular weight excluding hydrogens is 512 g/mol. The van der Waals surface area contributed by atoms with Gasteiger partial charge >= 0.3 is 0 Å². The van der Waals surface area contributed by atoms with E-state index in [-0.39, 0.29) is 4.90 Å². The van der Waals surface area contributed by atoms with Crippen molar-refractivity contribution >= 4 is 50.2 Å². The number of hydrogen-bond acceptors (Lipinski definition) is 8. The van der Waals surface area contributed by atoms with Crippen molar-refractivity contribution < 1.29 is 22.6 Å². The van der Waals surface area contributed by atoms with E-state index >= 15 is 0 Å². The van der Waals surface area contributed by atoms with Gasteiger partial charge in [-0.1, -0.05) is 40.7 Å². The number of aromatic nitrogens is 2. The number of imidazole rings is 1. The van der Waals surface area contributed by atoms with Crippen LogP contribution in [-0.2, 0) is 20.7 Å². The van der Waals surface area contributed by atoms with E-state index in [9.17, 15) is 13.0 Å². The van der Waals surface area contributed by atoms with Gasteiger partial charge in [0.1, 0.15) is 12.4 Å². The molecule has 0 unspecified atom stereocenters. The van der Waals surface area contributed by atoms with E-state index in [2.05, 4.69) is 9.97 Å². The number of benzene rings is 3. The molecule has 0 amide bonds. The van der Waals surface area contributed by atoms with E-state index in [1.807, 2.05) is 43.3 Å². The van der Waals surface area contributed by atoms with Crippen LogP contribution in [0.15, 0.2) is 76.8 Å². The second-order valence-electron chi connectivity index (χ2n) is 7.79. The summed E-state index contributed by atoms with van der Waals surface area (Å²) in [6, 6.07) is 18.9. The van der Waals surface area contributed by atoms with Crippen LogP contribution in [0.3, 0.4) is 0 Å². The van der Waals surface area contributed by atoms with Crippen molar-refractivity contribution in [1.29, 1.82) is 0 Å². The van der Waals surface area contributed by atoms with Gasteiger partial charge in [0.05, 0.1) is 15.9 Å². The van der Waals surface area contributed by atoms with E-state index in [1.54, 1.807) is 30.3 Å². The maximum Gasteiger partial charge on any atom is 0.294 e. The maximum absolute atomic E-state index is 11.3. The average Bonchev–Trinajstić information content (AvgIpc) is 3.24. The molecule has 3 aromatic carbocycles. The van der Waals surface area contributed by atoms with Gasteiger partial charge in [-0.2, -0.15) is 8.42 Å². The molecule has 0 atom stereocenters. The summed E-state index contributed by atoms with van der Waals surface area (Å²) in [6.45, 7) is 0.316. The number of fused-ring (bicyclic) bond motifs is 1. The smallest absolute Gasteiger partial charge is 0.294 e. The lowest BCUT2D eigenvalue weighted by molar-refractivity contribution is -0.0598. The lowest BCUT2D eigenvalue weighted by Gasteiger charge is -2.24. The lowest BCUT2D eigenvalue weighted by Crippen LogP contribution is -2.32. The van der Waals surface area contributed by atoms with E-state index in [1.165, 1.54) is 29.1 Å². The largest absolute Gasteiger partial charge is 0.354 e. The summed E-state index contributed by atoms with van der Waals surface area (Å²) in [4.78, 5) is 20.9. The quantitative estimate of drug-likeness (QED) is 0.126. The Morgan fingerprint density at radius 1 is 1.06 bits per heavy atom. The number of thioether (sulfide) groups is 1. The number of hydrogen-bond donors (Lipinski definition) is 2. The molecule has 0 aliphatic heterocycles. The minimum Gasteiger partial charge on any atom is -0.354 e. The topological polar surface area (TPSA) is 108 Å². The first kappa shape index (κ1) is 25.3. The maximum atomic E-state index is 11.3. The number of aromatic amines is 1. The first-order valence-corrected chi connectivity index (χ1v) is 13.2. The fourth-order valence-electron chi connectivity index (χ4n) is 2.97. The highest BCUT2D eigenvalue weighted by molar-refractivity contribution is 7.98. The molecule has 4 rings (SSSR count). The van der Waals surface area contributed by atoms with Crippen LogP contribution in [0.1, 0.15) is 5.56 Å². The normalized spacial score (nSPS) is 11.8. The molecule has 0 fully saturated rings. The van der Waals surface area contributed by atoms with Gasteiger partial charge in [-0.3, -0.25) is 9.45 Å². The van der Waals surface area contributed by atoms with Crippen molar-refractivity contribution in [2.24, 2.45) is 0 Å². The molecule has 1 heterocycles. The third-order valence-electron chi connectivity index (χ3n) is 4.69. The van der Waals surface area contributed by atoms with E-state index < -0.39 is 10.1 Å². The summed E-state index contributed by atoms with van der Waals surface area (Å²) in [5, 5.41) is 2.61. The van der Waals surface area contributed by atoms with Gasteiger partial charge in [0.2, 0.25) is 0 Å². The van der Waals surface area contributed by atoms with Crippen LogP contribution < -0.4 is 10.1 Å². The molecule has 0 bridgehead atoms. The van der Waals surface area contributed by atoms with Crippen LogP contribution in [0, 0.1) is 0 Å². The van der Waals surface area contributed by atoms with E-state index in [0.717, 1.165) is 5.56 Å². The monoisotopic (exact) mass is 534 g/mol. The van der Waals surface area contributed by atoms with Crippen LogP contribution in [-0.4, -0.2) is 48.7 Å². The number of halogens is 1. The minimum absolute atomic E-state index is 0.178. The van der Waals surface area contributed by atoms with Crippen LogP contribution in [0.5, 0.6) is 5.75 Å². The molecule has 0 spiro atoms. The zero-order valence-electron chi connectivity index (χ0n) is 18.9. The lowest BCUT2D eigenvalue weighted by atomic mass is 10.2. The van der Waals surface area contributed by atoms with Crippen molar-refractivity contribution in [3.05, 3.63) is 77.3 Å². The molecule has 184 valence electrons. The van der Waals surface area contributed by atoms with Gasteiger partial charge < -0.3 is 9.82 Å². The zero-order chi connectivity index (χ0) is 25.0. The summed E-state index contributed by atoms with van der Waals surface area (Å²) in [5.41, 5.74) is 2.89. The average molecular weight is 535 g/mol. The molecule has 2 N–H and O–H groups in total. The van der Waals surface area contributed by atoms with Crippen molar-refractivity contribution in [1.82, 2.24) is 14.9 Å². The van der Waals surface area contributed by atoms with Gasteiger partial charge in [0.25, 0.3) is 10.1 Å². The molecule has 35 heavy (non-hydrogen) atoms. The summed E-state index contributed by atoms with van der Waals surface area (Å²) in [5.74, 6) is 1.21. The Bertz CT molecular complexity index is 1390. The molecule has 4 aromatic rings. The van der Waals surface area contributed by atoms with Crippen molar-refractivity contribution in [2.45, 2.75) is 15.8 Å². The second kappa shape index (κ2) is 10.9. The molecule has 0 aliphatic carbocycles. The van der Waals surface area contributed by atoms with Gasteiger partial charge in [0.15, 0.2) is 10.9 Å². The predicted molar refractivity (Wildman–Crippen MR) is 136 cm³/mol. The number of H-pyrrole nitrogens is 1. The van der Waals surface area contributed by atoms with Crippen molar-refractivity contribution in [3.63, 3.8) is 0 Å². The predicted octanol–water partition coefficient (Wildman–Crippen LogP) is 5.01. The highest BCUT2D eigenvalue weighted by atomic mass is 35.5. The summed E-state index contributed by atoms with van der Waals surface area (Å²) in [7, 11) is -0.488. The number of nitrogens with one attached hydrogen (secondary N) is 1. The number of nitrogens with zero attached hydrogens (tertiary/aromatic N) is 3. The molecule has 0 radical (unpaired) electrons. The Morgan fingerprint density at radius 3 is 2.43 bits per heavy atom. The van der Waals surface area contributed by atoms with Gasteiger partial charge in [0, 0.05) is 10.8 Å². The third kappa shape index (κ3) is 6.88. The van der Waals surface area contributed by atoms with Gasteiger partial charge in [-0.15, -0.1) is 0 Å². The fourth-order valence-corrected chi connectivity index (χ4v) is 4.45. The van der Waals surface area contributed by atoms with E-state index in [4.69, 9.17) is 21.3 Å². The summed E-state index contributed by atoms with van der Waals surface area (Å²) in [6.07, 6.45) is 0. The third-order valence-corrected chi connectivity index (χ3v) is 6.73. The molecular formula is C23H23ClN4O5S2. The SMILES string of the molecule is CN(C)CON(Oc1ccc(Cl)cc1)c1ccc(CSc2nc3ccc(S(=O)(=O)O)cc3[nH]2)cc1.